The van der Waals surface area contributed by atoms with Crippen molar-refractivity contribution in [3.05, 3.63) is 0 Å². The zero-order chi connectivity index (χ0) is 13.4. The number of aliphatic imine (C=N–C) groups is 1. The topological polar surface area (TPSA) is 108 Å². The first-order chi connectivity index (χ1) is 8.41. The molecule has 0 radical (unpaired) electrons. The molecule has 2 rings (SSSR count). The molecule has 102 valence electrons. The fraction of sp³-hybridized carbons (Fsp3) is 0.800. The number of urea groups is 1. The molecule has 0 spiro atoms. The summed E-state index contributed by atoms with van der Waals surface area (Å²) >= 11 is 0. The number of ether oxygens (including phenoxy) is 1. The Bertz CT molecular complexity index is 376. The van der Waals surface area contributed by atoms with Gasteiger partial charge in [0.1, 0.15) is 18.0 Å². The first-order valence-electron chi connectivity index (χ1n) is 5.71. The standard InChI is InChI=1S/C10H16FN3O4/c1-4(15)8-7(16)6(11)9(18-8)14-3-2-5(12)13-10(14)17/h4,6-9,15-16H,2-3H2,1H3,(H2,12,13,17). The molecule has 5 unspecified atom stereocenters. The summed E-state index contributed by atoms with van der Waals surface area (Å²) in [5.74, 6) is 0.192. The third kappa shape index (κ3) is 2.18. The molecule has 8 heteroatoms. The lowest BCUT2D eigenvalue weighted by molar-refractivity contribution is -0.0922. The van der Waals surface area contributed by atoms with E-state index >= 15 is 0 Å². The zero-order valence-corrected chi connectivity index (χ0v) is 9.86. The van der Waals surface area contributed by atoms with Gasteiger partial charge >= 0.3 is 6.03 Å². The van der Waals surface area contributed by atoms with E-state index < -0.39 is 36.7 Å². The SMILES string of the molecule is CC(O)C1OC(N2CCC(N)=NC2=O)C(F)C1O. The monoisotopic (exact) mass is 261 g/mol. The summed E-state index contributed by atoms with van der Waals surface area (Å²) in [6, 6.07) is -0.690. The van der Waals surface area contributed by atoms with Crippen LogP contribution in [0.25, 0.3) is 0 Å². The molecule has 1 saturated heterocycles. The Morgan fingerprint density at radius 2 is 2.33 bits per heavy atom. The smallest absolute Gasteiger partial charge is 0.347 e. The summed E-state index contributed by atoms with van der Waals surface area (Å²) in [5, 5.41) is 19.0. The Morgan fingerprint density at radius 1 is 1.67 bits per heavy atom. The van der Waals surface area contributed by atoms with Crippen LogP contribution in [0.3, 0.4) is 0 Å². The number of rotatable bonds is 2. The normalized spacial score (nSPS) is 38.8. The average Bonchev–Trinajstić information content (AvgIpc) is 2.57. The number of nitrogens with zero attached hydrogens (tertiary/aromatic N) is 2. The number of hydrogen-bond donors (Lipinski definition) is 3. The minimum atomic E-state index is -1.77. The van der Waals surface area contributed by atoms with Crippen LogP contribution in [0.1, 0.15) is 13.3 Å². The van der Waals surface area contributed by atoms with E-state index in [2.05, 4.69) is 4.99 Å². The van der Waals surface area contributed by atoms with Gasteiger partial charge < -0.3 is 20.7 Å². The predicted molar refractivity (Wildman–Crippen MR) is 59.6 cm³/mol. The number of carbonyl (C=O) groups excluding carboxylic acids is 1. The maximum absolute atomic E-state index is 13.9. The van der Waals surface area contributed by atoms with E-state index in [1.165, 1.54) is 6.92 Å². The molecule has 2 aliphatic rings. The van der Waals surface area contributed by atoms with Crippen LogP contribution in [-0.2, 0) is 4.74 Å². The number of nitrogens with two attached hydrogens (primary N) is 1. The molecule has 0 bridgehead atoms. The van der Waals surface area contributed by atoms with Crippen LogP contribution in [0.15, 0.2) is 4.99 Å². The highest BCUT2D eigenvalue weighted by atomic mass is 19.1. The third-order valence-electron chi connectivity index (χ3n) is 3.11. The van der Waals surface area contributed by atoms with E-state index in [1.807, 2.05) is 0 Å². The molecule has 18 heavy (non-hydrogen) atoms. The van der Waals surface area contributed by atoms with E-state index in [1.54, 1.807) is 0 Å². The molecule has 0 aromatic carbocycles. The van der Waals surface area contributed by atoms with Gasteiger partial charge in [0.05, 0.1) is 6.10 Å². The van der Waals surface area contributed by atoms with Crippen molar-refractivity contribution in [1.29, 1.82) is 0 Å². The molecule has 0 aromatic rings. The molecule has 0 aliphatic carbocycles. The first kappa shape index (κ1) is 13.2. The summed E-state index contributed by atoms with van der Waals surface area (Å²) in [6.45, 7) is 1.57. The Balaban J connectivity index is 2.13. The van der Waals surface area contributed by atoms with Crippen LogP contribution in [0.4, 0.5) is 9.18 Å². The molecule has 0 saturated carbocycles. The van der Waals surface area contributed by atoms with E-state index in [4.69, 9.17) is 10.5 Å². The number of aliphatic hydroxyl groups excluding tert-OH is 2. The molecular weight excluding hydrogens is 245 g/mol. The molecule has 5 atom stereocenters. The van der Waals surface area contributed by atoms with Crippen LogP contribution < -0.4 is 5.73 Å². The van der Waals surface area contributed by atoms with Gasteiger partial charge in [0.15, 0.2) is 12.4 Å². The highest BCUT2D eigenvalue weighted by Gasteiger charge is 2.50. The number of alkyl halides is 1. The van der Waals surface area contributed by atoms with Crippen molar-refractivity contribution in [3.8, 4) is 0 Å². The van der Waals surface area contributed by atoms with Gasteiger partial charge in [0, 0.05) is 13.0 Å². The minimum absolute atomic E-state index is 0.179. The Morgan fingerprint density at radius 3 is 2.83 bits per heavy atom. The summed E-state index contributed by atoms with van der Waals surface area (Å²) < 4.78 is 19.1. The molecular formula is C10H16FN3O4. The number of amides is 2. The lowest BCUT2D eigenvalue weighted by Gasteiger charge is -2.30. The Hall–Kier alpha value is -1.25. The van der Waals surface area contributed by atoms with Gasteiger partial charge in [-0.25, -0.2) is 9.18 Å². The van der Waals surface area contributed by atoms with Crippen molar-refractivity contribution in [1.82, 2.24) is 4.90 Å². The Kier molecular flexibility index (Phi) is 3.51. The summed E-state index contributed by atoms with van der Waals surface area (Å²) in [5.41, 5.74) is 5.40. The van der Waals surface area contributed by atoms with Gasteiger partial charge in [-0.1, -0.05) is 0 Å². The Labute approximate surface area is 103 Å². The first-order valence-corrected chi connectivity index (χ1v) is 5.71. The van der Waals surface area contributed by atoms with E-state index in [-0.39, 0.29) is 12.4 Å². The van der Waals surface area contributed by atoms with Crippen LogP contribution in [0, 0.1) is 0 Å². The number of halogens is 1. The number of aliphatic hydroxyl groups is 2. The molecule has 7 nitrogen and oxygen atoms in total. The second kappa shape index (κ2) is 4.79. The van der Waals surface area contributed by atoms with Crippen molar-refractivity contribution < 1.29 is 24.1 Å². The van der Waals surface area contributed by atoms with Gasteiger partial charge in [-0.2, -0.15) is 4.99 Å². The molecule has 4 N–H and O–H groups in total. The average molecular weight is 261 g/mol. The second-order valence-electron chi connectivity index (χ2n) is 4.50. The lowest BCUT2D eigenvalue weighted by atomic mass is 10.1. The third-order valence-corrected chi connectivity index (χ3v) is 3.11. The van der Waals surface area contributed by atoms with Gasteiger partial charge in [-0.05, 0) is 6.92 Å². The maximum atomic E-state index is 13.9. The van der Waals surface area contributed by atoms with Crippen molar-refractivity contribution in [2.45, 2.75) is 44.1 Å². The molecule has 2 amide bonds. The van der Waals surface area contributed by atoms with Gasteiger partial charge in [0.25, 0.3) is 0 Å². The highest BCUT2D eigenvalue weighted by molar-refractivity contribution is 5.95. The van der Waals surface area contributed by atoms with Crippen molar-refractivity contribution in [2.75, 3.05) is 6.54 Å². The fourth-order valence-corrected chi connectivity index (χ4v) is 2.12. The van der Waals surface area contributed by atoms with E-state index in [9.17, 15) is 19.4 Å². The van der Waals surface area contributed by atoms with Crippen molar-refractivity contribution in [2.24, 2.45) is 10.7 Å². The number of amidine groups is 1. The second-order valence-corrected chi connectivity index (χ2v) is 4.50. The largest absolute Gasteiger partial charge is 0.391 e. The minimum Gasteiger partial charge on any atom is -0.391 e. The number of carbonyl (C=O) groups is 1. The maximum Gasteiger partial charge on any atom is 0.347 e. The van der Waals surface area contributed by atoms with Gasteiger partial charge in [0.2, 0.25) is 0 Å². The van der Waals surface area contributed by atoms with Gasteiger partial charge in [-0.3, -0.25) is 4.90 Å². The lowest BCUT2D eigenvalue weighted by Crippen LogP contribution is -2.48. The van der Waals surface area contributed by atoms with E-state index in [0.717, 1.165) is 4.90 Å². The molecule has 0 aromatic heterocycles. The molecule has 1 fully saturated rings. The van der Waals surface area contributed by atoms with Crippen molar-refractivity contribution >= 4 is 11.9 Å². The van der Waals surface area contributed by atoms with Crippen LogP contribution in [0.2, 0.25) is 0 Å². The molecule has 2 aliphatic heterocycles. The van der Waals surface area contributed by atoms with E-state index in [0.29, 0.717) is 6.42 Å². The highest BCUT2D eigenvalue weighted by Crippen LogP contribution is 2.29. The fourth-order valence-electron chi connectivity index (χ4n) is 2.12. The predicted octanol–water partition coefficient (Wildman–Crippen LogP) is -1.03. The summed E-state index contributed by atoms with van der Waals surface area (Å²) in [4.78, 5) is 16.2. The van der Waals surface area contributed by atoms with Crippen LogP contribution in [-0.4, -0.2) is 64.2 Å². The zero-order valence-electron chi connectivity index (χ0n) is 9.86. The number of hydrogen-bond acceptors (Lipinski definition) is 5. The van der Waals surface area contributed by atoms with Crippen molar-refractivity contribution in [3.63, 3.8) is 0 Å². The quantitative estimate of drug-likeness (QED) is 0.589. The van der Waals surface area contributed by atoms with Crippen LogP contribution >= 0.6 is 0 Å². The summed E-state index contributed by atoms with van der Waals surface area (Å²) in [6.07, 6.45) is -6.23. The summed E-state index contributed by atoms with van der Waals surface area (Å²) in [7, 11) is 0. The molecule has 2 heterocycles. The van der Waals surface area contributed by atoms with Crippen LogP contribution in [0.5, 0.6) is 0 Å². The van der Waals surface area contributed by atoms with Gasteiger partial charge in [-0.15, -0.1) is 0 Å².